The molecule has 1 fully saturated rings. The fraction of sp³-hybridized carbons (Fsp3) is 0.579. The largest absolute Gasteiger partial charge is 0.361 e. The van der Waals surface area contributed by atoms with E-state index in [9.17, 15) is 9.59 Å². The van der Waals surface area contributed by atoms with E-state index in [0.29, 0.717) is 36.9 Å². The quantitative estimate of drug-likeness (QED) is 0.841. The van der Waals surface area contributed by atoms with Crippen molar-refractivity contribution in [1.82, 2.24) is 19.6 Å². The molecule has 1 amide bonds. The maximum Gasteiger partial charge on any atom is 0.259 e. The number of aromatic nitrogens is 3. The predicted octanol–water partition coefficient (Wildman–Crippen LogP) is 2.39. The molecule has 0 saturated carbocycles. The first-order chi connectivity index (χ1) is 12.3. The van der Waals surface area contributed by atoms with Crippen LogP contribution in [0, 0.1) is 12.8 Å². The average Bonchev–Trinajstić information content (AvgIpc) is 3.02. The van der Waals surface area contributed by atoms with Crippen LogP contribution in [0.2, 0.25) is 0 Å². The van der Waals surface area contributed by atoms with Gasteiger partial charge in [0, 0.05) is 31.1 Å². The number of rotatable bonds is 3. The molecule has 7 heteroatoms. The summed E-state index contributed by atoms with van der Waals surface area (Å²) in [6.45, 7) is 9.88. The third kappa shape index (κ3) is 3.86. The minimum absolute atomic E-state index is 0.0106. The maximum absolute atomic E-state index is 12.5. The first-order valence-electron chi connectivity index (χ1n) is 9.03. The van der Waals surface area contributed by atoms with E-state index in [4.69, 9.17) is 4.52 Å². The molecule has 2 aromatic rings. The number of carbonyl (C=O) groups excluding carboxylic acids is 1. The molecule has 0 unspecified atom stereocenters. The molecule has 1 aliphatic rings. The molecular formula is C19H26N4O3. The van der Waals surface area contributed by atoms with Gasteiger partial charge >= 0.3 is 0 Å². The molecule has 140 valence electrons. The SMILES string of the molecule is Cc1oncc1C(=O)N1CCC(Cn2cnc(C(C)(C)C)cc2=O)CC1. The molecular weight excluding hydrogens is 332 g/mol. The second-order valence-corrected chi connectivity index (χ2v) is 8.05. The smallest absolute Gasteiger partial charge is 0.259 e. The Morgan fingerprint density at radius 3 is 2.54 bits per heavy atom. The molecule has 0 N–H and O–H groups in total. The van der Waals surface area contributed by atoms with Crippen LogP contribution in [-0.4, -0.2) is 38.6 Å². The minimum Gasteiger partial charge on any atom is -0.361 e. The summed E-state index contributed by atoms with van der Waals surface area (Å²) < 4.78 is 6.66. The number of hydrogen-bond acceptors (Lipinski definition) is 5. The Kier molecular flexibility index (Phi) is 4.98. The monoisotopic (exact) mass is 358 g/mol. The summed E-state index contributed by atoms with van der Waals surface area (Å²) in [6.07, 6.45) is 4.86. The summed E-state index contributed by atoms with van der Waals surface area (Å²) in [5.74, 6) is 0.881. The number of carbonyl (C=O) groups is 1. The fourth-order valence-electron chi connectivity index (χ4n) is 3.24. The van der Waals surface area contributed by atoms with E-state index in [0.717, 1.165) is 18.5 Å². The van der Waals surface area contributed by atoms with Gasteiger partial charge in [-0.3, -0.25) is 14.2 Å². The van der Waals surface area contributed by atoms with E-state index in [2.05, 4.69) is 10.1 Å². The second kappa shape index (κ2) is 7.05. The molecule has 0 aromatic carbocycles. The number of amides is 1. The first-order valence-corrected chi connectivity index (χ1v) is 9.03. The summed E-state index contributed by atoms with van der Waals surface area (Å²) in [7, 11) is 0. The summed E-state index contributed by atoms with van der Waals surface area (Å²) >= 11 is 0. The highest BCUT2D eigenvalue weighted by Gasteiger charge is 2.26. The van der Waals surface area contributed by atoms with Crippen LogP contribution in [0.25, 0.3) is 0 Å². The summed E-state index contributed by atoms with van der Waals surface area (Å²) in [4.78, 5) is 31.1. The summed E-state index contributed by atoms with van der Waals surface area (Å²) in [5, 5.41) is 3.67. The van der Waals surface area contributed by atoms with Crippen molar-refractivity contribution in [2.24, 2.45) is 5.92 Å². The topological polar surface area (TPSA) is 81.2 Å². The predicted molar refractivity (Wildman–Crippen MR) is 97.1 cm³/mol. The van der Waals surface area contributed by atoms with Gasteiger partial charge in [-0.1, -0.05) is 25.9 Å². The van der Waals surface area contributed by atoms with Crippen molar-refractivity contribution in [2.45, 2.75) is 52.5 Å². The van der Waals surface area contributed by atoms with Crippen LogP contribution in [0.1, 0.15) is 55.4 Å². The summed E-state index contributed by atoms with van der Waals surface area (Å²) in [6, 6.07) is 1.63. The third-order valence-corrected chi connectivity index (χ3v) is 4.99. The van der Waals surface area contributed by atoms with Crippen LogP contribution in [-0.2, 0) is 12.0 Å². The third-order valence-electron chi connectivity index (χ3n) is 4.99. The lowest BCUT2D eigenvalue weighted by Crippen LogP contribution is -2.40. The van der Waals surface area contributed by atoms with Gasteiger partial charge < -0.3 is 9.42 Å². The zero-order chi connectivity index (χ0) is 18.9. The van der Waals surface area contributed by atoms with Gasteiger partial charge in [0.05, 0.1) is 18.2 Å². The molecule has 3 heterocycles. The van der Waals surface area contributed by atoms with Gasteiger partial charge in [0.1, 0.15) is 11.3 Å². The van der Waals surface area contributed by atoms with E-state index in [1.807, 2.05) is 25.7 Å². The number of hydrogen-bond donors (Lipinski definition) is 0. The Bertz CT molecular complexity index is 839. The number of likely N-dealkylation sites (tertiary alicyclic amines) is 1. The lowest BCUT2D eigenvalue weighted by atomic mass is 9.92. The Hall–Kier alpha value is -2.44. The molecule has 1 aliphatic heterocycles. The lowest BCUT2D eigenvalue weighted by Gasteiger charge is -2.32. The zero-order valence-corrected chi connectivity index (χ0v) is 15.9. The van der Waals surface area contributed by atoms with Crippen LogP contribution < -0.4 is 5.56 Å². The van der Waals surface area contributed by atoms with Gasteiger partial charge in [-0.15, -0.1) is 0 Å². The number of piperidine rings is 1. The molecule has 26 heavy (non-hydrogen) atoms. The van der Waals surface area contributed by atoms with Gasteiger partial charge in [-0.05, 0) is 25.7 Å². The van der Waals surface area contributed by atoms with Crippen LogP contribution in [0.4, 0.5) is 0 Å². The lowest BCUT2D eigenvalue weighted by molar-refractivity contribution is 0.0680. The molecule has 2 aromatic heterocycles. The maximum atomic E-state index is 12.5. The standard InChI is InChI=1S/C19H26N4O3/c1-13-15(10-21-26-13)18(25)22-7-5-14(6-8-22)11-23-12-20-16(9-17(23)24)19(2,3)4/h9-10,12,14H,5-8,11H2,1-4H3. The van der Waals surface area contributed by atoms with E-state index in [1.54, 1.807) is 23.9 Å². The fourth-order valence-corrected chi connectivity index (χ4v) is 3.24. The Labute approximate surface area is 153 Å². The molecule has 0 aliphatic carbocycles. The Morgan fingerprint density at radius 2 is 2.00 bits per heavy atom. The number of nitrogens with zero attached hydrogens (tertiary/aromatic N) is 4. The molecule has 0 spiro atoms. The van der Waals surface area contributed by atoms with Gasteiger partial charge in [-0.25, -0.2) is 4.98 Å². The highest BCUT2D eigenvalue weighted by Crippen LogP contribution is 2.22. The van der Waals surface area contributed by atoms with Crippen molar-refractivity contribution < 1.29 is 9.32 Å². The van der Waals surface area contributed by atoms with Crippen LogP contribution in [0.3, 0.4) is 0 Å². The van der Waals surface area contributed by atoms with Crippen LogP contribution in [0.5, 0.6) is 0 Å². The van der Waals surface area contributed by atoms with E-state index in [-0.39, 0.29) is 16.9 Å². The minimum atomic E-state index is -0.135. The van der Waals surface area contributed by atoms with E-state index >= 15 is 0 Å². The highest BCUT2D eigenvalue weighted by molar-refractivity contribution is 5.94. The second-order valence-electron chi connectivity index (χ2n) is 8.05. The molecule has 0 radical (unpaired) electrons. The van der Waals surface area contributed by atoms with Gasteiger partial charge in [-0.2, -0.15) is 0 Å². The average molecular weight is 358 g/mol. The van der Waals surface area contributed by atoms with E-state index in [1.165, 1.54) is 6.20 Å². The molecule has 3 rings (SSSR count). The molecule has 7 nitrogen and oxygen atoms in total. The van der Waals surface area contributed by atoms with E-state index < -0.39 is 0 Å². The van der Waals surface area contributed by atoms with Crippen molar-refractivity contribution in [3.8, 4) is 0 Å². The van der Waals surface area contributed by atoms with Gasteiger partial charge in [0.2, 0.25) is 0 Å². The van der Waals surface area contributed by atoms with Crippen molar-refractivity contribution in [3.05, 3.63) is 46.0 Å². The molecule has 0 atom stereocenters. The normalized spacial score (nSPS) is 16.1. The molecule has 0 bridgehead atoms. The van der Waals surface area contributed by atoms with Crippen LogP contribution in [0.15, 0.2) is 27.9 Å². The first kappa shape index (κ1) is 18.4. The van der Waals surface area contributed by atoms with Crippen molar-refractivity contribution in [2.75, 3.05) is 13.1 Å². The van der Waals surface area contributed by atoms with Gasteiger partial charge in [0.15, 0.2) is 0 Å². The van der Waals surface area contributed by atoms with Crippen molar-refractivity contribution in [1.29, 1.82) is 0 Å². The van der Waals surface area contributed by atoms with Crippen molar-refractivity contribution in [3.63, 3.8) is 0 Å². The van der Waals surface area contributed by atoms with Crippen LogP contribution >= 0.6 is 0 Å². The Morgan fingerprint density at radius 1 is 1.31 bits per heavy atom. The zero-order valence-electron chi connectivity index (χ0n) is 15.9. The molecule has 1 saturated heterocycles. The number of aryl methyl sites for hydroxylation is 1. The highest BCUT2D eigenvalue weighted by atomic mass is 16.5. The van der Waals surface area contributed by atoms with Gasteiger partial charge in [0.25, 0.3) is 11.5 Å². The Balaban J connectivity index is 1.60. The summed E-state index contributed by atoms with van der Waals surface area (Å²) in [5.41, 5.74) is 1.19. The van der Waals surface area contributed by atoms with Crippen molar-refractivity contribution >= 4 is 5.91 Å².